The number of rotatable bonds is 3. The summed E-state index contributed by atoms with van der Waals surface area (Å²) in [4.78, 5) is 11.9. The Morgan fingerprint density at radius 3 is 2.92 bits per heavy atom. The zero-order valence-corrected chi connectivity index (χ0v) is 8.65. The van der Waals surface area contributed by atoms with Gasteiger partial charge in [-0.3, -0.25) is 4.79 Å². The first-order valence-corrected chi connectivity index (χ1v) is 4.99. The third kappa shape index (κ3) is 3.34. The van der Waals surface area contributed by atoms with Crippen molar-refractivity contribution < 1.29 is 9.90 Å². The molecule has 5 heteroatoms. The number of aliphatic hydroxyl groups excluding tert-OH is 1. The second-order valence-electron chi connectivity index (χ2n) is 2.60. The normalized spacial score (nSPS) is 12.5. The van der Waals surface area contributed by atoms with Gasteiger partial charge in [-0.1, -0.05) is 11.6 Å². The van der Waals surface area contributed by atoms with Gasteiger partial charge in [0.15, 0.2) is 0 Å². The van der Waals surface area contributed by atoms with Crippen molar-refractivity contribution in [3.63, 3.8) is 0 Å². The van der Waals surface area contributed by atoms with Gasteiger partial charge in [0, 0.05) is 4.88 Å². The molecule has 0 spiro atoms. The van der Waals surface area contributed by atoms with Crippen LogP contribution in [0.15, 0.2) is 12.1 Å². The Kier molecular flexibility index (Phi) is 3.71. The molecule has 72 valence electrons. The molecule has 1 aromatic rings. The van der Waals surface area contributed by atoms with Gasteiger partial charge in [-0.05, 0) is 19.1 Å². The second-order valence-corrected chi connectivity index (χ2v) is 4.40. The highest BCUT2D eigenvalue weighted by atomic mass is 35.5. The van der Waals surface area contributed by atoms with E-state index in [-0.39, 0.29) is 5.91 Å². The quantitative estimate of drug-likeness (QED) is 0.808. The minimum Gasteiger partial charge on any atom is -0.384 e. The van der Waals surface area contributed by atoms with Crippen LogP contribution in [0.2, 0.25) is 4.34 Å². The second kappa shape index (κ2) is 4.60. The van der Waals surface area contributed by atoms with E-state index in [0.717, 1.165) is 4.88 Å². The summed E-state index contributed by atoms with van der Waals surface area (Å²) in [6.07, 6.45) is -0.963. The molecule has 1 rings (SSSR count). The minimum atomic E-state index is -0.963. The number of hydrogen-bond acceptors (Lipinski definition) is 3. The number of nitrogens with one attached hydrogen (secondary N) is 1. The molecule has 13 heavy (non-hydrogen) atoms. The number of thiophene rings is 1. The zero-order chi connectivity index (χ0) is 9.84. The maximum atomic E-state index is 10.9. The van der Waals surface area contributed by atoms with Crippen molar-refractivity contribution in [2.75, 3.05) is 0 Å². The van der Waals surface area contributed by atoms with Crippen molar-refractivity contribution in [3.8, 4) is 0 Å². The number of amides is 1. The monoisotopic (exact) mass is 219 g/mol. The lowest BCUT2D eigenvalue weighted by molar-refractivity contribution is -0.128. The first-order valence-electron chi connectivity index (χ1n) is 3.79. The van der Waals surface area contributed by atoms with Gasteiger partial charge in [-0.25, -0.2) is 0 Å². The number of halogens is 1. The zero-order valence-electron chi connectivity index (χ0n) is 7.08. The van der Waals surface area contributed by atoms with Crippen LogP contribution >= 0.6 is 22.9 Å². The Morgan fingerprint density at radius 2 is 2.46 bits per heavy atom. The van der Waals surface area contributed by atoms with Gasteiger partial charge in [-0.2, -0.15) is 0 Å². The van der Waals surface area contributed by atoms with Gasteiger partial charge in [0.05, 0.1) is 10.9 Å². The Morgan fingerprint density at radius 1 is 1.77 bits per heavy atom. The van der Waals surface area contributed by atoms with E-state index < -0.39 is 6.10 Å². The highest BCUT2D eigenvalue weighted by Crippen LogP contribution is 2.20. The molecule has 0 aliphatic rings. The molecule has 1 amide bonds. The summed E-state index contributed by atoms with van der Waals surface area (Å²) >= 11 is 7.11. The average Bonchev–Trinajstić information content (AvgIpc) is 2.47. The van der Waals surface area contributed by atoms with Crippen LogP contribution in [0, 0.1) is 0 Å². The highest BCUT2D eigenvalue weighted by molar-refractivity contribution is 7.16. The summed E-state index contributed by atoms with van der Waals surface area (Å²) in [5, 5.41) is 11.4. The van der Waals surface area contributed by atoms with Crippen molar-refractivity contribution >= 4 is 28.8 Å². The predicted molar refractivity (Wildman–Crippen MR) is 52.9 cm³/mol. The van der Waals surface area contributed by atoms with Crippen molar-refractivity contribution in [1.82, 2.24) is 5.32 Å². The van der Waals surface area contributed by atoms with Gasteiger partial charge in [0.25, 0.3) is 0 Å². The van der Waals surface area contributed by atoms with Gasteiger partial charge in [0.2, 0.25) is 5.91 Å². The molecular weight excluding hydrogens is 210 g/mol. The van der Waals surface area contributed by atoms with E-state index in [1.165, 1.54) is 18.3 Å². The van der Waals surface area contributed by atoms with E-state index in [2.05, 4.69) is 5.32 Å². The molecular formula is C8H10ClNO2S. The van der Waals surface area contributed by atoms with Crippen molar-refractivity contribution in [2.24, 2.45) is 0 Å². The highest BCUT2D eigenvalue weighted by Gasteiger charge is 2.07. The largest absolute Gasteiger partial charge is 0.384 e. The molecule has 0 aromatic carbocycles. The first-order chi connectivity index (χ1) is 6.09. The Bertz CT molecular complexity index is 298. The molecule has 0 aliphatic carbocycles. The van der Waals surface area contributed by atoms with Crippen molar-refractivity contribution in [3.05, 3.63) is 21.3 Å². The Hall–Kier alpha value is -0.580. The molecule has 0 bridgehead atoms. The van der Waals surface area contributed by atoms with Crippen LogP contribution in [0.25, 0.3) is 0 Å². The van der Waals surface area contributed by atoms with Crippen LogP contribution in [0.5, 0.6) is 0 Å². The fourth-order valence-corrected chi connectivity index (χ4v) is 1.80. The van der Waals surface area contributed by atoms with Gasteiger partial charge < -0.3 is 10.4 Å². The van der Waals surface area contributed by atoms with Gasteiger partial charge >= 0.3 is 0 Å². The smallest absolute Gasteiger partial charge is 0.248 e. The van der Waals surface area contributed by atoms with Gasteiger partial charge in [0.1, 0.15) is 6.10 Å². The topological polar surface area (TPSA) is 49.3 Å². The third-order valence-corrected chi connectivity index (χ3v) is 2.68. The molecule has 1 unspecified atom stereocenters. The van der Waals surface area contributed by atoms with E-state index in [0.29, 0.717) is 10.9 Å². The van der Waals surface area contributed by atoms with Crippen LogP contribution < -0.4 is 5.32 Å². The van der Waals surface area contributed by atoms with Crippen LogP contribution in [-0.4, -0.2) is 17.1 Å². The summed E-state index contributed by atoms with van der Waals surface area (Å²) in [6, 6.07) is 3.62. The van der Waals surface area contributed by atoms with E-state index in [1.807, 2.05) is 6.07 Å². The maximum absolute atomic E-state index is 10.9. The van der Waals surface area contributed by atoms with Crippen LogP contribution in [0.1, 0.15) is 11.8 Å². The maximum Gasteiger partial charge on any atom is 0.248 e. The SMILES string of the molecule is CC(O)C(=O)NCc1ccc(Cl)s1. The molecule has 0 saturated heterocycles. The molecule has 1 aromatic heterocycles. The molecule has 0 aliphatic heterocycles. The fourth-order valence-electron chi connectivity index (χ4n) is 0.769. The summed E-state index contributed by atoms with van der Waals surface area (Å²) in [5.41, 5.74) is 0. The van der Waals surface area contributed by atoms with Crippen LogP contribution in [-0.2, 0) is 11.3 Å². The lowest BCUT2D eigenvalue weighted by Gasteiger charge is -2.04. The minimum absolute atomic E-state index is 0.371. The van der Waals surface area contributed by atoms with Crippen LogP contribution in [0.3, 0.4) is 0 Å². The lowest BCUT2D eigenvalue weighted by Crippen LogP contribution is -2.31. The van der Waals surface area contributed by atoms with E-state index in [4.69, 9.17) is 16.7 Å². The lowest BCUT2D eigenvalue weighted by atomic mass is 10.3. The summed E-state index contributed by atoms with van der Waals surface area (Å²) < 4.78 is 0.696. The predicted octanol–water partition coefficient (Wildman–Crippen LogP) is 1.40. The average molecular weight is 220 g/mol. The number of aliphatic hydroxyl groups is 1. The van der Waals surface area contributed by atoms with Gasteiger partial charge in [-0.15, -0.1) is 11.3 Å². The van der Waals surface area contributed by atoms with E-state index in [9.17, 15) is 4.79 Å². The Balaban J connectivity index is 2.39. The molecule has 1 atom stereocenters. The summed E-state index contributed by atoms with van der Waals surface area (Å²) in [5.74, 6) is -0.371. The van der Waals surface area contributed by atoms with Crippen molar-refractivity contribution in [1.29, 1.82) is 0 Å². The number of hydrogen-bond donors (Lipinski definition) is 2. The van der Waals surface area contributed by atoms with E-state index in [1.54, 1.807) is 6.07 Å². The number of carbonyl (C=O) groups excluding carboxylic acids is 1. The molecule has 1 heterocycles. The molecule has 2 N–H and O–H groups in total. The molecule has 0 fully saturated rings. The summed E-state index contributed by atoms with van der Waals surface area (Å²) in [6.45, 7) is 1.85. The Labute approximate surface area is 85.3 Å². The summed E-state index contributed by atoms with van der Waals surface area (Å²) in [7, 11) is 0. The standard InChI is InChI=1S/C8H10ClNO2S/c1-5(11)8(12)10-4-6-2-3-7(9)13-6/h2-3,5,11H,4H2,1H3,(H,10,12). The van der Waals surface area contributed by atoms with E-state index >= 15 is 0 Å². The molecule has 0 radical (unpaired) electrons. The third-order valence-electron chi connectivity index (χ3n) is 1.45. The molecule has 0 saturated carbocycles. The fraction of sp³-hybridized carbons (Fsp3) is 0.375. The number of carbonyl (C=O) groups is 1. The first kappa shape index (κ1) is 10.5. The molecule has 3 nitrogen and oxygen atoms in total. The van der Waals surface area contributed by atoms with Crippen LogP contribution in [0.4, 0.5) is 0 Å². The van der Waals surface area contributed by atoms with Crippen molar-refractivity contribution in [2.45, 2.75) is 19.6 Å².